The summed E-state index contributed by atoms with van der Waals surface area (Å²) in [7, 11) is 0. The summed E-state index contributed by atoms with van der Waals surface area (Å²) in [6.07, 6.45) is 0.535. The number of carbonyl (C=O) groups excluding carboxylic acids is 1. The maximum absolute atomic E-state index is 12.8. The van der Waals surface area contributed by atoms with Gasteiger partial charge in [-0.25, -0.2) is 0 Å². The van der Waals surface area contributed by atoms with Gasteiger partial charge in [0.15, 0.2) is 0 Å². The molecule has 0 atom stereocenters. The number of anilines is 1. The van der Waals surface area contributed by atoms with Gasteiger partial charge >= 0.3 is 0 Å². The molecule has 0 bridgehead atoms. The van der Waals surface area contributed by atoms with Crippen LogP contribution in [0.15, 0.2) is 54.6 Å². The van der Waals surface area contributed by atoms with Gasteiger partial charge in [-0.2, -0.15) is 0 Å². The molecular formula is C22H30N2O. The van der Waals surface area contributed by atoms with Crippen LogP contribution in [0.3, 0.4) is 0 Å². The molecule has 0 N–H and O–H groups in total. The van der Waals surface area contributed by atoms with Crippen molar-refractivity contribution in [1.29, 1.82) is 0 Å². The van der Waals surface area contributed by atoms with Gasteiger partial charge in [0.25, 0.3) is 0 Å². The molecule has 25 heavy (non-hydrogen) atoms. The fraction of sp³-hybridized carbons (Fsp3) is 0.409. The lowest BCUT2D eigenvalue weighted by Gasteiger charge is -2.28. The van der Waals surface area contributed by atoms with E-state index in [2.05, 4.69) is 62.1 Å². The number of rotatable bonds is 8. The Bertz CT molecular complexity index is 667. The summed E-state index contributed by atoms with van der Waals surface area (Å²) < 4.78 is 0. The van der Waals surface area contributed by atoms with Gasteiger partial charge in [-0.05, 0) is 51.0 Å². The molecule has 0 spiro atoms. The highest BCUT2D eigenvalue weighted by Gasteiger charge is 2.17. The smallest absolute Gasteiger partial charge is 0.228 e. The molecule has 0 heterocycles. The SMILES string of the molecule is CCN(C(=O)CCN(Cc1ccccc1)C(C)C)c1cccc(C)c1. The third-order valence-electron chi connectivity index (χ3n) is 4.50. The lowest BCUT2D eigenvalue weighted by atomic mass is 10.1. The number of benzene rings is 2. The molecule has 3 nitrogen and oxygen atoms in total. The first-order valence-electron chi connectivity index (χ1n) is 9.16. The van der Waals surface area contributed by atoms with E-state index in [0.717, 1.165) is 18.8 Å². The molecule has 134 valence electrons. The van der Waals surface area contributed by atoms with E-state index < -0.39 is 0 Å². The average molecular weight is 338 g/mol. The zero-order valence-electron chi connectivity index (χ0n) is 15.9. The average Bonchev–Trinajstić information content (AvgIpc) is 2.60. The van der Waals surface area contributed by atoms with Gasteiger partial charge in [-0.3, -0.25) is 9.69 Å². The second-order valence-corrected chi connectivity index (χ2v) is 6.78. The molecule has 2 aromatic carbocycles. The molecule has 1 amide bonds. The van der Waals surface area contributed by atoms with E-state index in [1.165, 1.54) is 11.1 Å². The van der Waals surface area contributed by atoms with Crippen molar-refractivity contribution in [2.75, 3.05) is 18.0 Å². The van der Waals surface area contributed by atoms with E-state index in [4.69, 9.17) is 0 Å². The maximum atomic E-state index is 12.8. The number of hydrogen-bond donors (Lipinski definition) is 0. The van der Waals surface area contributed by atoms with Crippen LogP contribution in [0.5, 0.6) is 0 Å². The lowest BCUT2D eigenvalue weighted by molar-refractivity contribution is -0.119. The van der Waals surface area contributed by atoms with E-state index in [9.17, 15) is 4.79 Å². The molecule has 0 aromatic heterocycles. The first-order valence-corrected chi connectivity index (χ1v) is 9.16. The molecule has 2 rings (SSSR count). The van der Waals surface area contributed by atoms with Crippen molar-refractivity contribution >= 4 is 11.6 Å². The predicted molar refractivity (Wildman–Crippen MR) is 106 cm³/mol. The summed E-state index contributed by atoms with van der Waals surface area (Å²) in [5.74, 6) is 0.187. The zero-order valence-corrected chi connectivity index (χ0v) is 15.9. The summed E-state index contributed by atoms with van der Waals surface area (Å²) in [6.45, 7) is 10.8. The molecule has 0 saturated heterocycles. The Morgan fingerprint density at radius 2 is 1.76 bits per heavy atom. The summed E-state index contributed by atoms with van der Waals surface area (Å²) in [5.41, 5.74) is 3.46. The number of nitrogens with zero attached hydrogens (tertiary/aromatic N) is 2. The topological polar surface area (TPSA) is 23.6 Å². The van der Waals surface area contributed by atoms with Gasteiger partial charge in [-0.1, -0.05) is 42.5 Å². The Balaban J connectivity index is 1.99. The highest BCUT2D eigenvalue weighted by Crippen LogP contribution is 2.17. The van der Waals surface area contributed by atoms with Gasteiger partial charge in [0.05, 0.1) is 0 Å². The minimum atomic E-state index is 0.187. The zero-order chi connectivity index (χ0) is 18.2. The largest absolute Gasteiger partial charge is 0.313 e. The normalized spacial score (nSPS) is 11.1. The Kier molecular flexibility index (Phi) is 7.20. The van der Waals surface area contributed by atoms with E-state index in [-0.39, 0.29) is 5.91 Å². The number of amides is 1. The maximum Gasteiger partial charge on any atom is 0.228 e. The minimum absolute atomic E-state index is 0.187. The summed E-state index contributed by atoms with van der Waals surface area (Å²) >= 11 is 0. The van der Waals surface area contributed by atoms with Crippen molar-refractivity contribution in [2.24, 2.45) is 0 Å². The number of aryl methyl sites for hydroxylation is 1. The predicted octanol–water partition coefficient (Wildman–Crippen LogP) is 4.65. The molecule has 2 aromatic rings. The molecule has 0 unspecified atom stereocenters. The Morgan fingerprint density at radius 3 is 2.36 bits per heavy atom. The molecule has 0 aliphatic rings. The third-order valence-corrected chi connectivity index (χ3v) is 4.50. The van der Waals surface area contributed by atoms with Crippen molar-refractivity contribution in [3.8, 4) is 0 Å². The highest BCUT2D eigenvalue weighted by molar-refractivity contribution is 5.93. The minimum Gasteiger partial charge on any atom is -0.313 e. The molecule has 3 heteroatoms. The Hall–Kier alpha value is -2.13. The quantitative estimate of drug-likeness (QED) is 0.699. The Labute approximate surface area is 152 Å². The fourth-order valence-electron chi connectivity index (χ4n) is 3.01. The van der Waals surface area contributed by atoms with E-state index in [1.807, 2.05) is 30.0 Å². The lowest BCUT2D eigenvalue weighted by Crippen LogP contribution is -2.37. The van der Waals surface area contributed by atoms with Crippen LogP contribution >= 0.6 is 0 Å². The number of hydrogen-bond acceptors (Lipinski definition) is 2. The van der Waals surface area contributed by atoms with Crippen LogP contribution in [0.2, 0.25) is 0 Å². The van der Waals surface area contributed by atoms with Gasteiger partial charge < -0.3 is 4.90 Å². The fourth-order valence-corrected chi connectivity index (χ4v) is 3.01. The van der Waals surface area contributed by atoms with Crippen LogP contribution in [-0.2, 0) is 11.3 Å². The van der Waals surface area contributed by atoms with Crippen molar-refractivity contribution in [1.82, 2.24) is 4.90 Å². The molecule has 0 fully saturated rings. The van der Waals surface area contributed by atoms with Crippen LogP contribution in [0, 0.1) is 6.92 Å². The van der Waals surface area contributed by atoms with E-state index >= 15 is 0 Å². The molecule has 0 saturated carbocycles. The second-order valence-electron chi connectivity index (χ2n) is 6.78. The summed E-state index contributed by atoms with van der Waals surface area (Å²) in [4.78, 5) is 17.0. The van der Waals surface area contributed by atoms with Gasteiger partial charge in [0, 0.05) is 37.8 Å². The highest BCUT2D eigenvalue weighted by atomic mass is 16.2. The van der Waals surface area contributed by atoms with Gasteiger partial charge in [0.1, 0.15) is 0 Å². The third kappa shape index (κ3) is 5.71. The molecule has 0 aliphatic heterocycles. The molecule has 0 aliphatic carbocycles. The van der Waals surface area contributed by atoms with Crippen LogP contribution in [0.25, 0.3) is 0 Å². The van der Waals surface area contributed by atoms with Crippen LogP contribution in [0.4, 0.5) is 5.69 Å². The monoisotopic (exact) mass is 338 g/mol. The van der Waals surface area contributed by atoms with Crippen LogP contribution in [0.1, 0.15) is 38.3 Å². The van der Waals surface area contributed by atoms with Crippen molar-refractivity contribution in [3.05, 3.63) is 65.7 Å². The van der Waals surface area contributed by atoms with Gasteiger partial charge in [-0.15, -0.1) is 0 Å². The van der Waals surface area contributed by atoms with Crippen molar-refractivity contribution in [2.45, 2.75) is 46.7 Å². The summed E-state index contributed by atoms with van der Waals surface area (Å²) in [6, 6.07) is 19.0. The van der Waals surface area contributed by atoms with E-state index in [0.29, 0.717) is 19.0 Å². The van der Waals surface area contributed by atoms with Crippen molar-refractivity contribution in [3.63, 3.8) is 0 Å². The first kappa shape index (κ1) is 19.2. The summed E-state index contributed by atoms with van der Waals surface area (Å²) in [5, 5.41) is 0. The Morgan fingerprint density at radius 1 is 1.04 bits per heavy atom. The van der Waals surface area contributed by atoms with E-state index in [1.54, 1.807) is 0 Å². The second kappa shape index (κ2) is 9.38. The standard InChI is InChI=1S/C22H30N2O/c1-5-24(21-13-9-10-19(4)16-21)22(25)14-15-23(18(2)3)17-20-11-7-6-8-12-20/h6-13,16,18H,5,14-15,17H2,1-4H3. The first-order chi connectivity index (χ1) is 12.0. The molecule has 0 radical (unpaired) electrons. The molecular weight excluding hydrogens is 308 g/mol. The van der Waals surface area contributed by atoms with Crippen LogP contribution < -0.4 is 4.90 Å². The van der Waals surface area contributed by atoms with Gasteiger partial charge in [0.2, 0.25) is 5.91 Å². The van der Waals surface area contributed by atoms with Crippen molar-refractivity contribution < 1.29 is 4.79 Å². The van der Waals surface area contributed by atoms with Crippen LogP contribution in [-0.4, -0.2) is 29.9 Å². The number of carbonyl (C=O) groups is 1.